The highest BCUT2D eigenvalue weighted by Gasteiger charge is 2.29. The first kappa shape index (κ1) is 25.0. The first-order valence-corrected chi connectivity index (χ1v) is 11.1. The predicted octanol–water partition coefficient (Wildman–Crippen LogP) is 7.56. The number of rotatable bonds is 7. The number of para-hydroxylation sites is 2. The van der Waals surface area contributed by atoms with Gasteiger partial charge in [0.25, 0.3) is 0 Å². The number of halogens is 4. The van der Waals surface area contributed by atoms with Crippen molar-refractivity contribution in [2.45, 2.75) is 26.6 Å². The summed E-state index contributed by atoms with van der Waals surface area (Å²) in [5.74, 6) is 0.333. The summed E-state index contributed by atoms with van der Waals surface area (Å²) in [4.78, 5) is 5.46. The zero-order valence-corrected chi connectivity index (χ0v) is 19.9. The number of benzene rings is 3. The average molecular weight is 497 g/mol. The maximum atomic E-state index is 13.6. The van der Waals surface area contributed by atoms with E-state index in [0.717, 1.165) is 40.3 Å². The smallest absolute Gasteiger partial charge is 0.416 e. The second kappa shape index (κ2) is 10.3. The van der Waals surface area contributed by atoms with Gasteiger partial charge in [0, 0.05) is 11.3 Å². The van der Waals surface area contributed by atoms with Gasteiger partial charge >= 0.3 is 6.18 Å². The number of ether oxygens (including phenoxy) is 1. The molecule has 36 heavy (non-hydrogen) atoms. The van der Waals surface area contributed by atoms with Crippen LogP contribution < -0.4 is 4.74 Å². The molecule has 0 saturated carbocycles. The van der Waals surface area contributed by atoms with Crippen LogP contribution in [0.4, 0.5) is 17.6 Å². The summed E-state index contributed by atoms with van der Waals surface area (Å²) >= 11 is 0. The number of nitrogens with zero attached hydrogens (tertiary/aromatic N) is 2. The third-order valence-corrected chi connectivity index (χ3v) is 5.82. The number of aromatic nitrogens is 1. The minimum absolute atomic E-state index is 0.0204. The van der Waals surface area contributed by atoms with E-state index in [-0.39, 0.29) is 12.4 Å². The SMILES string of the molecule is COc1ccccc1-n1c(-c2ccc(F)cc2)cc(/C(C)=N\OCc2ccc(C(F)(F)F)cc2)c1C. The molecular formula is C28H24F4N2O2. The molecule has 0 atom stereocenters. The molecule has 0 aliphatic heterocycles. The second-order valence-corrected chi connectivity index (χ2v) is 8.19. The summed E-state index contributed by atoms with van der Waals surface area (Å²) in [5.41, 5.74) is 4.51. The van der Waals surface area contributed by atoms with E-state index in [1.165, 1.54) is 24.3 Å². The summed E-state index contributed by atoms with van der Waals surface area (Å²) in [6.45, 7) is 3.74. The predicted molar refractivity (Wildman–Crippen MR) is 131 cm³/mol. The first-order valence-electron chi connectivity index (χ1n) is 11.1. The van der Waals surface area contributed by atoms with E-state index in [1.807, 2.05) is 41.8 Å². The fourth-order valence-electron chi connectivity index (χ4n) is 3.97. The van der Waals surface area contributed by atoms with Crippen LogP contribution in [0.2, 0.25) is 0 Å². The molecular weight excluding hydrogens is 472 g/mol. The lowest BCUT2D eigenvalue weighted by molar-refractivity contribution is -0.137. The van der Waals surface area contributed by atoms with Gasteiger partial charge in [0.15, 0.2) is 0 Å². The van der Waals surface area contributed by atoms with Gasteiger partial charge in [-0.25, -0.2) is 4.39 Å². The van der Waals surface area contributed by atoms with Crippen LogP contribution in [0, 0.1) is 12.7 Å². The largest absolute Gasteiger partial charge is 0.495 e. The van der Waals surface area contributed by atoms with Crippen LogP contribution in [-0.2, 0) is 17.6 Å². The lowest BCUT2D eigenvalue weighted by atomic mass is 10.1. The molecule has 0 amide bonds. The molecule has 186 valence electrons. The minimum Gasteiger partial charge on any atom is -0.495 e. The summed E-state index contributed by atoms with van der Waals surface area (Å²) in [6.07, 6.45) is -4.39. The van der Waals surface area contributed by atoms with Crippen molar-refractivity contribution < 1.29 is 27.1 Å². The van der Waals surface area contributed by atoms with Crippen molar-refractivity contribution >= 4 is 5.71 Å². The Balaban J connectivity index is 1.67. The summed E-state index contributed by atoms with van der Waals surface area (Å²) < 4.78 is 59.5. The van der Waals surface area contributed by atoms with Gasteiger partial charge in [-0.1, -0.05) is 29.4 Å². The van der Waals surface area contributed by atoms with Gasteiger partial charge in [-0.3, -0.25) is 0 Å². The van der Waals surface area contributed by atoms with Gasteiger partial charge in [0.05, 0.1) is 29.8 Å². The molecule has 0 N–H and O–H groups in total. The maximum Gasteiger partial charge on any atom is 0.416 e. The number of oxime groups is 1. The van der Waals surface area contributed by atoms with Crippen molar-refractivity contribution in [3.63, 3.8) is 0 Å². The van der Waals surface area contributed by atoms with E-state index >= 15 is 0 Å². The van der Waals surface area contributed by atoms with E-state index in [2.05, 4.69) is 5.16 Å². The van der Waals surface area contributed by atoms with Gasteiger partial charge in [-0.15, -0.1) is 0 Å². The van der Waals surface area contributed by atoms with Crippen molar-refractivity contribution in [1.29, 1.82) is 0 Å². The Morgan fingerprint density at radius 3 is 2.25 bits per heavy atom. The molecule has 0 saturated heterocycles. The molecule has 0 spiro atoms. The fourth-order valence-corrected chi connectivity index (χ4v) is 3.97. The lowest BCUT2D eigenvalue weighted by Crippen LogP contribution is -2.05. The number of methoxy groups -OCH3 is 1. The zero-order chi connectivity index (χ0) is 25.9. The molecule has 0 aliphatic rings. The molecule has 1 aromatic heterocycles. The van der Waals surface area contributed by atoms with Crippen LogP contribution in [-0.4, -0.2) is 17.4 Å². The third-order valence-electron chi connectivity index (χ3n) is 5.82. The molecule has 0 fully saturated rings. The number of alkyl halides is 3. The van der Waals surface area contributed by atoms with Gasteiger partial charge in [-0.05, 0) is 79.6 Å². The second-order valence-electron chi connectivity index (χ2n) is 8.19. The average Bonchev–Trinajstić information content (AvgIpc) is 3.21. The van der Waals surface area contributed by atoms with Gasteiger partial charge in [0.1, 0.15) is 18.2 Å². The Kier molecular flexibility index (Phi) is 7.15. The molecule has 4 nitrogen and oxygen atoms in total. The lowest BCUT2D eigenvalue weighted by Gasteiger charge is -2.15. The Morgan fingerprint density at radius 1 is 0.944 bits per heavy atom. The molecule has 0 aliphatic carbocycles. The van der Waals surface area contributed by atoms with Crippen LogP contribution >= 0.6 is 0 Å². The molecule has 4 rings (SSSR count). The highest BCUT2D eigenvalue weighted by molar-refractivity contribution is 6.01. The van der Waals surface area contributed by atoms with Crippen LogP contribution in [0.25, 0.3) is 16.9 Å². The van der Waals surface area contributed by atoms with Gasteiger partial charge < -0.3 is 14.1 Å². The van der Waals surface area contributed by atoms with Crippen molar-refractivity contribution in [3.05, 3.63) is 107 Å². The Hall–Kier alpha value is -4.07. The van der Waals surface area contributed by atoms with Crippen LogP contribution in [0.15, 0.2) is 84.0 Å². The van der Waals surface area contributed by atoms with E-state index in [4.69, 9.17) is 9.57 Å². The standard InChI is InChI=1S/C28H24F4N2O2/c1-18(33-36-17-20-8-12-22(13-9-20)28(30,31)32)24-16-26(21-10-14-23(29)15-11-21)34(19(24)2)25-6-4-5-7-27(25)35-3/h4-16H,17H2,1-3H3/b33-18-. The topological polar surface area (TPSA) is 35.8 Å². The normalized spacial score (nSPS) is 12.0. The molecule has 3 aromatic carbocycles. The minimum atomic E-state index is -4.39. The van der Waals surface area contributed by atoms with Gasteiger partial charge in [-0.2, -0.15) is 13.2 Å². The summed E-state index contributed by atoms with van der Waals surface area (Å²) in [5, 5.41) is 4.21. The van der Waals surface area contributed by atoms with Crippen molar-refractivity contribution in [3.8, 4) is 22.7 Å². The number of hydrogen-bond donors (Lipinski definition) is 0. The monoisotopic (exact) mass is 496 g/mol. The summed E-state index contributed by atoms with van der Waals surface area (Å²) in [7, 11) is 1.60. The molecule has 1 heterocycles. The van der Waals surface area contributed by atoms with Gasteiger partial charge in [0.2, 0.25) is 0 Å². The highest BCUT2D eigenvalue weighted by Crippen LogP contribution is 2.34. The van der Waals surface area contributed by atoms with E-state index in [1.54, 1.807) is 26.2 Å². The quantitative estimate of drug-likeness (QED) is 0.150. The molecule has 4 aromatic rings. The Bertz CT molecular complexity index is 1370. The van der Waals surface area contributed by atoms with Crippen molar-refractivity contribution in [2.75, 3.05) is 7.11 Å². The Morgan fingerprint density at radius 2 is 1.61 bits per heavy atom. The van der Waals surface area contributed by atoms with Crippen molar-refractivity contribution in [1.82, 2.24) is 4.57 Å². The molecule has 8 heteroatoms. The molecule has 0 radical (unpaired) electrons. The van der Waals surface area contributed by atoms with Crippen molar-refractivity contribution in [2.24, 2.45) is 5.16 Å². The third kappa shape index (κ3) is 5.27. The van der Waals surface area contributed by atoms with E-state index in [9.17, 15) is 17.6 Å². The van der Waals surface area contributed by atoms with Crippen LogP contribution in [0.3, 0.4) is 0 Å². The van der Waals surface area contributed by atoms with Crippen LogP contribution in [0.1, 0.15) is 29.3 Å². The van der Waals surface area contributed by atoms with Crippen LogP contribution in [0.5, 0.6) is 5.75 Å². The van der Waals surface area contributed by atoms with E-state index < -0.39 is 11.7 Å². The first-order chi connectivity index (χ1) is 17.2. The molecule has 0 unspecified atom stereocenters. The number of hydrogen-bond acceptors (Lipinski definition) is 3. The van der Waals surface area contributed by atoms with E-state index in [0.29, 0.717) is 17.0 Å². The molecule has 0 bridgehead atoms. The highest BCUT2D eigenvalue weighted by atomic mass is 19.4. The Labute approximate surface area is 206 Å². The summed E-state index contributed by atoms with van der Waals surface area (Å²) in [6, 6.07) is 20.5. The maximum absolute atomic E-state index is 13.6. The fraction of sp³-hybridized carbons (Fsp3) is 0.179. The zero-order valence-electron chi connectivity index (χ0n) is 19.9.